The van der Waals surface area contributed by atoms with E-state index in [1.165, 1.54) is 25.6 Å². The highest BCUT2D eigenvalue weighted by Crippen LogP contribution is 2.21. The second-order valence-electron chi connectivity index (χ2n) is 4.39. The fraction of sp³-hybridized carbons (Fsp3) is 0.727. The molecule has 1 saturated carbocycles. The third kappa shape index (κ3) is 2.59. The predicted octanol–water partition coefficient (Wildman–Crippen LogP) is 1.07. The molecule has 88 valence electrons. The lowest BCUT2D eigenvalue weighted by molar-refractivity contribution is -0.133. The number of hydrogen-bond acceptors (Lipinski definition) is 3. The standard InChI is InChI=1S/C11H18N4O/c1-14(10-5-3-2-4-6-10)11(16)7-15-9-12-8-13-15/h8-10H,2-7H2,1H3. The molecule has 16 heavy (non-hydrogen) atoms. The quantitative estimate of drug-likeness (QED) is 0.768. The van der Waals surface area contributed by atoms with Crippen molar-refractivity contribution in [3.63, 3.8) is 0 Å². The lowest BCUT2D eigenvalue weighted by Gasteiger charge is -2.31. The van der Waals surface area contributed by atoms with Gasteiger partial charge in [0, 0.05) is 13.1 Å². The van der Waals surface area contributed by atoms with Crippen LogP contribution in [0.2, 0.25) is 0 Å². The topological polar surface area (TPSA) is 51.0 Å². The van der Waals surface area contributed by atoms with Gasteiger partial charge in [0.05, 0.1) is 0 Å². The summed E-state index contributed by atoms with van der Waals surface area (Å²) in [5.74, 6) is 0.123. The molecule has 1 fully saturated rings. The van der Waals surface area contributed by atoms with Crippen LogP contribution in [0.5, 0.6) is 0 Å². The summed E-state index contributed by atoms with van der Waals surface area (Å²) in [6, 6.07) is 0.421. The Morgan fingerprint density at radius 2 is 2.19 bits per heavy atom. The first-order valence-corrected chi connectivity index (χ1v) is 5.85. The fourth-order valence-electron chi connectivity index (χ4n) is 2.24. The number of carbonyl (C=O) groups excluding carboxylic acids is 1. The number of likely N-dealkylation sites (N-methyl/N-ethyl adjacent to an activating group) is 1. The Hall–Kier alpha value is -1.39. The Balaban J connectivity index is 1.88. The van der Waals surface area contributed by atoms with Crippen LogP contribution < -0.4 is 0 Å². The van der Waals surface area contributed by atoms with Gasteiger partial charge in [-0.15, -0.1) is 0 Å². The van der Waals surface area contributed by atoms with E-state index in [4.69, 9.17) is 0 Å². The molecule has 5 heteroatoms. The summed E-state index contributed by atoms with van der Waals surface area (Å²) in [4.78, 5) is 17.7. The van der Waals surface area contributed by atoms with Crippen molar-refractivity contribution < 1.29 is 4.79 Å². The third-order valence-electron chi connectivity index (χ3n) is 3.28. The smallest absolute Gasteiger partial charge is 0.244 e. The fourth-order valence-corrected chi connectivity index (χ4v) is 2.24. The highest BCUT2D eigenvalue weighted by Gasteiger charge is 2.21. The summed E-state index contributed by atoms with van der Waals surface area (Å²) >= 11 is 0. The number of amides is 1. The molecule has 1 amide bonds. The van der Waals surface area contributed by atoms with Crippen molar-refractivity contribution in [2.75, 3.05) is 7.05 Å². The molecule has 1 aromatic rings. The number of rotatable bonds is 3. The molecule has 1 heterocycles. The first kappa shape index (κ1) is 11.1. The van der Waals surface area contributed by atoms with Crippen molar-refractivity contribution in [3.8, 4) is 0 Å². The number of hydrogen-bond donors (Lipinski definition) is 0. The van der Waals surface area contributed by atoms with E-state index < -0.39 is 0 Å². The van der Waals surface area contributed by atoms with Gasteiger partial charge < -0.3 is 4.90 Å². The maximum Gasteiger partial charge on any atom is 0.244 e. The highest BCUT2D eigenvalue weighted by molar-refractivity contribution is 5.75. The zero-order valence-electron chi connectivity index (χ0n) is 9.67. The molecule has 0 N–H and O–H groups in total. The molecule has 0 aromatic carbocycles. The van der Waals surface area contributed by atoms with Crippen LogP contribution in [-0.4, -0.2) is 38.7 Å². The van der Waals surface area contributed by atoms with E-state index in [1.54, 1.807) is 11.0 Å². The molecular formula is C11H18N4O. The van der Waals surface area contributed by atoms with Crippen molar-refractivity contribution in [3.05, 3.63) is 12.7 Å². The lowest BCUT2D eigenvalue weighted by Crippen LogP contribution is -2.40. The molecular weight excluding hydrogens is 204 g/mol. The van der Waals surface area contributed by atoms with Crippen LogP contribution in [0.15, 0.2) is 12.7 Å². The Kier molecular flexibility index (Phi) is 3.54. The maximum atomic E-state index is 11.9. The molecule has 0 unspecified atom stereocenters. The first-order valence-electron chi connectivity index (χ1n) is 5.85. The van der Waals surface area contributed by atoms with E-state index in [0.29, 0.717) is 12.6 Å². The number of aromatic nitrogens is 3. The van der Waals surface area contributed by atoms with Crippen LogP contribution in [0.4, 0.5) is 0 Å². The van der Waals surface area contributed by atoms with E-state index in [1.807, 2.05) is 11.9 Å². The molecule has 1 aliphatic rings. The van der Waals surface area contributed by atoms with E-state index in [9.17, 15) is 4.79 Å². The molecule has 0 atom stereocenters. The van der Waals surface area contributed by atoms with Crippen molar-refractivity contribution in [1.29, 1.82) is 0 Å². The summed E-state index contributed by atoms with van der Waals surface area (Å²) in [7, 11) is 1.90. The third-order valence-corrected chi connectivity index (χ3v) is 3.28. The van der Waals surface area contributed by atoms with Crippen molar-refractivity contribution in [1.82, 2.24) is 19.7 Å². The molecule has 0 spiro atoms. The van der Waals surface area contributed by atoms with Gasteiger partial charge in [-0.05, 0) is 12.8 Å². The van der Waals surface area contributed by atoms with Crippen LogP contribution in [-0.2, 0) is 11.3 Å². The molecule has 0 aliphatic heterocycles. The van der Waals surface area contributed by atoms with E-state index in [2.05, 4.69) is 10.1 Å². The van der Waals surface area contributed by atoms with E-state index in [0.717, 1.165) is 12.8 Å². The molecule has 2 rings (SSSR count). The minimum absolute atomic E-state index is 0.123. The number of nitrogens with zero attached hydrogens (tertiary/aromatic N) is 4. The van der Waals surface area contributed by atoms with Gasteiger partial charge in [0.2, 0.25) is 5.91 Å². The van der Waals surface area contributed by atoms with Crippen molar-refractivity contribution in [2.45, 2.75) is 44.7 Å². The van der Waals surface area contributed by atoms with Gasteiger partial charge in [0.1, 0.15) is 19.2 Å². The molecule has 1 aliphatic carbocycles. The zero-order chi connectivity index (χ0) is 11.4. The van der Waals surface area contributed by atoms with Gasteiger partial charge >= 0.3 is 0 Å². The van der Waals surface area contributed by atoms with Crippen LogP contribution in [0.3, 0.4) is 0 Å². The highest BCUT2D eigenvalue weighted by atomic mass is 16.2. The minimum Gasteiger partial charge on any atom is -0.341 e. The van der Waals surface area contributed by atoms with Gasteiger partial charge in [-0.3, -0.25) is 4.79 Å². The number of carbonyl (C=O) groups is 1. The van der Waals surface area contributed by atoms with Gasteiger partial charge in [-0.1, -0.05) is 19.3 Å². The lowest BCUT2D eigenvalue weighted by atomic mass is 9.94. The van der Waals surface area contributed by atoms with Crippen LogP contribution >= 0.6 is 0 Å². The van der Waals surface area contributed by atoms with E-state index >= 15 is 0 Å². The second kappa shape index (κ2) is 5.09. The van der Waals surface area contributed by atoms with E-state index in [-0.39, 0.29) is 5.91 Å². The van der Waals surface area contributed by atoms with Gasteiger partial charge in [0.15, 0.2) is 0 Å². The van der Waals surface area contributed by atoms with Gasteiger partial charge in [-0.25, -0.2) is 9.67 Å². The van der Waals surface area contributed by atoms with Crippen LogP contribution in [0, 0.1) is 0 Å². The summed E-state index contributed by atoms with van der Waals surface area (Å²) in [6.07, 6.45) is 9.10. The molecule has 0 saturated heterocycles. The Bertz CT molecular complexity index is 330. The largest absolute Gasteiger partial charge is 0.341 e. The first-order chi connectivity index (χ1) is 7.77. The molecule has 0 bridgehead atoms. The SMILES string of the molecule is CN(C(=O)Cn1cncn1)C1CCCCC1. The summed E-state index contributed by atoms with van der Waals surface area (Å²) < 4.78 is 1.57. The van der Waals surface area contributed by atoms with Crippen LogP contribution in [0.1, 0.15) is 32.1 Å². The van der Waals surface area contributed by atoms with Gasteiger partial charge in [0.25, 0.3) is 0 Å². The molecule has 0 radical (unpaired) electrons. The predicted molar refractivity (Wildman–Crippen MR) is 59.7 cm³/mol. The maximum absolute atomic E-state index is 11.9. The summed E-state index contributed by atoms with van der Waals surface area (Å²) in [5.41, 5.74) is 0. The summed E-state index contributed by atoms with van der Waals surface area (Å²) in [5, 5.41) is 3.94. The van der Waals surface area contributed by atoms with Crippen molar-refractivity contribution >= 4 is 5.91 Å². The Labute approximate surface area is 95.5 Å². The average Bonchev–Trinajstić information content (AvgIpc) is 2.82. The monoisotopic (exact) mass is 222 g/mol. The molecule has 1 aromatic heterocycles. The van der Waals surface area contributed by atoms with Gasteiger partial charge in [-0.2, -0.15) is 5.10 Å². The van der Waals surface area contributed by atoms with Crippen molar-refractivity contribution in [2.24, 2.45) is 0 Å². The Morgan fingerprint density at radius 1 is 1.44 bits per heavy atom. The normalized spacial score (nSPS) is 17.3. The molecule has 5 nitrogen and oxygen atoms in total. The minimum atomic E-state index is 0.123. The Morgan fingerprint density at radius 3 is 2.81 bits per heavy atom. The zero-order valence-corrected chi connectivity index (χ0v) is 9.67. The van der Waals surface area contributed by atoms with Crippen LogP contribution in [0.25, 0.3) is 0 Å². The average molecular weight is 222 g/mol. The second-order valence-corrected chi connectivity index (χ2v) is 4.39. The summed E-state index contributed by atoms with van der Waals surface area (Å²) in [6.45, 7) is 0.299.